The van der Waals surface area contributed by atoms with Crippen LogP contribution in [-0.4, -0.2) is 22.0 Å². The number of aromatic nitrogens is 2. The SMILES string of the molecule is COc1ccccc1NC(=S)Nc1cc(C)n(Cc2ccc(Cl)c(Cl)c2)n1. The average molecular weight is 421 g/mol. The molecule has 2 N–H and O–H groups in total. The van der Waals surface area contributed by atoms with Crippen LogP contribution >= 0.6 is 35.4 Å². The standard InChI is InChI=1S/C19H18Cl2N4OS/c1-12-9-18(23-19(27)22-16-5-3-4-6-17(16)26-2)24-25(12)11-13-7-8-14(20)15(21)10-13/h3-10H,11H2,1-2H3,(H2,22,23,24,27). The summed E-state index contributed by atoms with van der Waals surface area (Å²) in [5.41, 5.74) is 2.78. The molecule has 0 atom stereocenters. The maximum absolute atomic E-state index is 6.09. The van der Waals surface area contributed by atoms with E-state index >= 15 is 0 Å². The molecule has 8 heteroatoms. The number of halogens is 2. The minimum Gasteiger partial charge on any atom is -0.495 e. The molecule has 0 bridgehead atoms. The number of hydrogen-bond acceptors (Lipinski definition) is 3. The van der Waals surface area contributed by atoms with Crippen molar-refractivity contribution < 1.29 is 4.74 Å². The van der Waals surface area contributed by atoms with Crippen LogP contribution in [0.15, 0.2) is 48.5 Å². The minimum absolute atomic E-state index is 0.429. The van der Waals surface area contributed by atoms with Crippen LogP contribution in [-0.2, 0) is 6.54 Å². The van der Waals surface area contributed by atoms with Crippen LogP contribution in [0.25, 0.3) is 0 Å². The van der Waals surface area contributed by atoms with Gasteiger partial charge in [-0.15, -0.1) is 0 Å². The van der Waals surface area contributed by atoms with Crippen molar-refractivity contribution in [2.24, 2.45) is 0 Å². The molecule has 1 heterocycles. The van der Waals surface area contributed by atoms with Crippen molar-refractivity contribution in [3.05, 3.63) is 69.8 Å². The molecule has 5 nitrogen and oxygen atoms in total. The monoisotopic (exact) mass is 420 g/mol. The smallest absolute Gasteiger partial charge is 0.176 e. The third-order valence-electron chi connectivity index (χ3n) is 3.89. The van der Waals surface area contributed by atoms with Crippen molar-refractivity contribution in [3.8, 4) is 5.75 Å². The Bertz CT molecular complexity index is 974. The lowest BCUT2D eigenvalue weighted by Crippen LogP contribution is -2.20. The molecule has 0 radical (unpaired) electrons. The maximum atomic E-state index is 6.09. The fourth-order valence-corrected chi connectivity index (χ4v) is 3.10. The molecule has 3 aromatic rings. The van der Waals surface area contributed by atoms with Gasteiger partial charge in [0.25, 0.3) is 0 Å². The first kappa shape index (κ1) is 19.5. The molecule has 0 spiro atoms. The number of benzene rings is 2. The van der Waals surface area contributed by atoms with Crippen molar-refractivity contribution >= 4 is 52.0 Å². The second-order valence-corrected chi connectivity index (χ2v) is 7.08. The number of methoxy groups -OCH3 is 1. The highest BCUT2D eigenvalue weighted by atomic mass is 35.5. The largest absolute Gasteiger partial charge is 0.495 e. The van der Waals surface area contributed by atoms with Gasteiger partial charge in [0.05, 0.1) is 29.4 Å². The molecular weight excluding hydrogens is 403 g/mol. The molecule has 0 amide bonds. The van der Waals surface area contributed by atoms with Gasteiger partial charge in [-0.05, 0) is 49.0 Å². The molecule has 3 rings (SSSR count). The lowest BCUT2D eigenvalue weighted by molar-refractivity contribution is 0.417. The van der Waals surface area contributed by atoms with Gasteiger partial charge in [0.2, 0.25) is 0 Å². The van der Waals surface area contributed by atoms with Gasteiger partial charge in [-0.25, -0.2) is 0 Å². The number of rotatable bonds is 5. The van der Waals surface area contributed by atoms with Crippen LogP contribution in [0.3, 0.4) is 0 Å². The molecule has 0 aliphatic carbocycles. The number of anilines is 2. The predicted molar refractivity (Wildman–Crippen MR) is 115 cm³/mol. The predicted octanol–water partition coefficient (Wildman–Crippen LogP) is 5.36. The topological polar surface area (TPSA) is 51.1 Å². The molecule has 0 unspecified atom stereocenters. The van der Waals surface area contributed by atoms with Crippen molar-refractivity contribution in [2.45, 2.75) is 13.5 Å². The Morgan fingerprint density at radius 3 is 2.63 bits per heavy atom. The van der Waals surface area contributed by atoms with E-state index in [2.05, 4.69) is 15.7 Å². The summed E-state index contributed by atoms with van der Waals surface area (Å²) in [4.78, 5) is 0. The molecule has 2 aromatic carbocycles. The van der Waals surface area contributed by atoms with Crippen molar-refractivity contribution in [1.82, 2.24) is 9.78 Å². The molecule has 140 valence electrons. The summed E-state index contributed by atoms with van der Waals surface area (Å²) >= 11 is 17.4. The first-order valence-corrected chi connectivity index (χ1v) is 9.32. The zero-order chi connectivity index (χ0) is 19.4. The van der Waals surface area contributed by atoms with Gasteiger partial charge < -0.3 is 15.4 Å². The van der Waals surface area contributed by atoms with Crippen LogP contribution < -0.4 is 15.4 Å². The zero-order valence-corrected chi connectivity index (χ0v) is 17.1. The lowest BCUT2D eigenvalue weighted by Gasteiger charge is -2.12. The molecule has 27 heavy (non-hydrogen) atoms. The Balaban J connectivity index is 1.68. The van der Waals surface area contributed by atoms with Gasteiger partial charge >= 0.3 is 0 Å². The van der Waals surface area contributed by atoms with Crippen molar-refractivity contribution in [1.29, 1.82) is 0 Å². The second kappa shape index (κ2) is 8.61. The number of thiocarbonyl (C=S) groups is 1. The van der Waals surface area contributed by atoms with Gasteiger partial charge in [0.1, 0.15) is 5.75 Å². The third-order valence-corrected chi connectivity index (χ3v) is 4.84. The van der Waals surface area contributed by atoms with E-state index < -0.39 is 0 Å². The number of nitrogens with one attached hydrogen (secondary N) is 2. The second-order valence-electron chi connectivity index (χ2n) is 5.86. The average Bonchev–Trinajstić information content (AvgIpc) is 2.97. The Morgan fingerprint density at radius 2 is 1.89 bits per heavy atom. The van der Waals surface area contributed by atoms with Gasteiger partial charge in [0, 0.05) is 11.8 Å². The third kappa shape index (κ3) is 4.91. The summed E-state index contributed by atoms with van der Waals surface area (Å²) in [6.45, 7) is 2.56. The fraction of sp³-hybridized carbons (Fsp3) is 0.158. The number of para-hydroxylation sites is 2. The van der Waals surface area contributed by atoms with E-state index in [1.165, 1.54) is 0 Å². The van der Waals surface area contributed by atoms with Crippen LogP contribution in [0.4, 0.5) is 11.5 Å². The highest BCUT2D eigenvalue weighted by Crippen LogP contribution is 2.24. The fourth-order valence-electron chi connectivity index (χ4n) is 2.56. The molecule has 0 aliphatic heterocycles. The summed E-state index contributed by atoms with van der Waals surface area (Å²) in [6, 6.07) is 15.0. The summed E-state index contributed by atoms with van der Waals surface area (Å²) in [6.07, 6.45) is 0. The Hall–Kier alpha value is -2.28. The molecule has 0 aliphatic rings. The van der Waals surface area contributed by atoms with Gasteiger partial charge in [0.15, 0.2) is 10.9 Å². The summed E-state index contributed by atoms with van der Waals surface area (Å²) in [7, 11) is 1.62. The highest BCUT2D eigenvalue weighted by molar-refractivity contribution is 7.80. The molecule has 0 saturated carbocycles. The Morgan fingerprint density at radius 1 is 1.11 bits per heavy atom. The van der Waals surface area contributed by atoms with E-state index in [1.807, 2.05) is 54.1 Å². The number of nitrogens with zero attached hydrogens (tertiary/aromatic N) is 2. The first-order chi connectivity index (χ1) is 13.0. The highest BCUT2D eigenvalue weighted by Gasteiger charge is 2.09. The van der Waals surface area contributed by atoms with E-state index in [9.17, 15) is 0 Å². The van der Waals surface area contributed by atoms with Crippen LogP contribution in [0.1, 0.15) is 11.3 Å². The van der Waals surface area contributed by atoms with Crippen LogP contribution in [0.5, 0.6) is 5.75 Å². The van der Waals surface area contributed by atoms with Crippen LogP contribution in [0.2, 0.25) is 10.0 Å². The quantitative estimate of drug-likeness (QED) is 0.543. The zero-order valence-electron chi connectivity index (χ0n) is 14.8. The Kier molecular flexibility index (Phi) is 6.21. The van der Waals surface area contributed by atoms with E-state index in [4.69, 9.17) is 40.2 Å². The Labute approximate surface area is 173 Å². The summed E-state index contributed by atoms with van der Waals surface area (Å²) in [5.74, 6) is 1.36. The molecule has 0 fully saturated rings. The first-order valence-electron chi connectivity index (χ1n) is 8.15. The maximum Gasteiger partial charge on any atom is 0.176 e. The summed E-state index contributed by atoms with van der Waals surface area (Å²) in [5, 5.41) is 12.3. The number of ether oxygens (including phenoxy) is 1. The minimum atomic E-state index is 0.429. The van der Waals surface area contributed by atoms with E-state index in [0.29, 0.717) is 33.3 Å². The van der Waals surface area contributed by atoms with Gasteiger partial charge in [-0.1, -0.05) is 41.4 Å². The van der Waals surface area contributed by atoms with Gasteiger partial charge in [-0.3, -0.25) is 4.68 Å². The molecule has 0 saturated heterocycles. The number of aryl methyl sites for hydroxylation is 1. The van der Waals surface area contributed by atoms with Crippen LogP contribution in [0, 0.1) is 6.92 Å². The lowest BCUT2D eigenvalue weighted by atomic mass is 10.2. The van der Waals surface area contributed by atoms with E-state index in [1.54, 1.807) is 13.2 Å². The normalized spacial score (nSPS) is 10.5. The van der Waals surface area contributed by atoms with E-state index in [0.717, 1.165) is 16.9 Å². The molecule has 1 aromatic heterocycles. The van der Waals surface area contributed by atoms with E-state index in [-0.39, 0.29) is 0 Å². The summed E-state index contributed by atoms with van der Waals surface area (Å²) < 4.78 is 7.18. The van der Waals surface area contributed by atoms with Crippen molar-refractivity contribution in [3.63, 3.8) is 0 Å². The number of hydrogen-bond donors (Lipinski definition) is 2. The van der Waals surface area contributed by atoms with Gasteiger partial charge in [-0.2, -0.15) is 5.10 Å². The van der Waals surface area contributed by atoms with Crippen molar-refractivity contribution in [2.75, 3.05) is 17.7 Å². The molecular formula is C19H18Cl2N4OS.